The molecule has 1 nitrogen and oxygen atoms in total. The van der Waals surface area contributed by atoms with Crippen LogP contribution in [0.3, 0.4) is 0 Å². The Balaban J connectivity index is 3.34. The van der Waals surface area contributed by atoms with Gasteiger partial charge in [0.2, 0.25) is 0 Å². The molecular weight excluding hydrogens is 248 g/mol. The van der Waals surface area contributed by atoms with Gasteiger partial charge in [0.25, 0.3) is 6.43 Å². The maximum absolute atomic E-state index is 12.9. The van der Waals surface area contributed by atoms with Crippen LogP contribution in [0.4, 0.5) is 26.3 Å². The molecule has 0 radical (unpaired) electrons. The molecule has 0 fully saturated rings. The lowest BCUT2D eigenvalue weighted by molar-refractivity contribution is -0.141. The SMILES string of the molecule is Fc1c(C(F)F)cnc(C(F)(F)F)c1Cl. The van der Waals surface area contributed by atoms with Gasteiger partial charge < -0.3 is 0 Å². The van der Waals surface area contributed by atoms with Gasteiger partial charge in [-0.3, -0.25) is 0 Å². The second-order valence-electron chi connectivity index (χ2n) is 2.49. The highest BCUT2D eigenvalue weighted by atomic mass is 35.5. The van der Waals surface area contributed by atoms with Gasteiger partial charge in [-0.15, -0.1) is 0 Å². The standard InChI is InChI=1S/C7H2ClF6N/c8-3-4(9)2(6(10)11)1-15-5(3)7(12,13)14/h1,6H. The Labute approximate surface area is 84.7 Å². The van der Waals surface area contributed by atoms with Crippen molar-refractivity contribution in [2.75, 3.05) is 0 Å². The number of hydrogen-bond donors (Lipinski definition) is 0. The summed E-state index contributed by atoms with van der Waals surface area (Å²) in [6, 6.07) is 0. The Morgan fingerprint density at radius 2 is 1.80 bits per heavy atom. The third-order valence-electron chi connectivity index (χ3n) is 1.49. The van der Waals surface area contributed by atoms with Crippen LogP contribution in [0.2, 0.25) is 5.02 Å². The summed E-state index contributed by atoms with van der Waals surface area (Å²) in [5.74, 6) is -1.80. The summed E-state index contributed by atoms with van der Waals surface area (Å²) >= 11 is 4.94. The molecule has 0 bridgehead atoms. The van der Waals surface area contributed by atoms with Crippen molar-refractivity contribution in [3.8, 4) is 0 Å². The van der Waals surface area contributed by atoms with E-state index < -0.39 is 34.7 Å². The van der Waals surface area contributed by atoms with E-state index in [9.17, 15) is 26.3 Å². The second-order valence-corrected chi connectivity index (χ2v) is 2.87. The first-order valence-electron chi connectivity index (χ1n) is 3.44. The van der Waals surface area contributed by atoms with Crippen molar-refractivity contribution in [3.63, 3.8) is 0 Å². The van der Waals surface area contributed by atoms with Crippen molar-refractivity contribution in [1.82, 2.24) is 4.98 Å². The summed E-state index contributed by atoms with van der Waals surface area (Å²) in [5, 5.41) is -1.44. The van der Waals surface area contributed by atoms with Crippen molar-refractivity contribution in [3.05, 3.63) is 28.3 Å². The first-order valence-corrected chi connectivity index (χ1v) is 3.82. The molecule has 1 heterocycles. The smallest absolute Gasteiger partial charge is 0.250 e. The minimum atomic E-state index is -4.97. The molecule has 8 heteroatoms. The Morgan fingerprint density at radius 3 is 2.20 bits per heavy atom. The quantitative estimate of drug-likeness (QED) is 0.689. The van der Waals surface area contributed by atoms with Crippen LogP contribution in [-0.4, -0.2) is 4.98 Å². The number of hydrogen-bond acceptors (Lipinski definition) is 1. The van der Waals surface area contributed by atoms with Gasteiger partial charge in [-0.1, -0.05) is 11.6 Å². The zero-order valence-electron chi connectivity index (χ0n) is 6.75. The second kappa shape index (κ2) is 3.88. The Bertz CT molecular complexity index is 374. The van der Waals surface area contributed by atoms with Gasteiger partial charge in [-0.2, -0.15) is 13.2 Å². The van der Waals surface area contributed by atoms with Crippen LogP contribution in [0.5, 0.6) is 0 Å². The number of rotatable bonds is 1. The molecule has 1 aromatic rings. The predicted octanol–water partition coefficient (Wildman–Crippen LogP) is 3.83. The lowest BCUT2D eigenvalue weighted by Crippen LogP contribution is -2.11. The fraction of sp³-hybridized carbons (Fsp3) is 0.286. The van der Waals surface area contributed by atoms with Crippen molar-refractivity contribution in [2.45, 2.75) is 12.6 Å². The minimum Gasteiger partial charge on any atom is -0.250 e. The molecule has 0 aliphatic rings. The van der Waals surface area contributed by atoms with E-state index in [0.717, 1.165) is 0 Å². The predicted molar refractivity (Wildman–Crippen MR) is 39.2 cm³/mol. The molecule has 0 atom stereocenters. The van der Waals surface area contributed by atoms with E-state index in [2.05, 4.69) is 4.98 Å². The van der Waals surface area contributed by atoms with Crippen molar-refractivity contribution < 1.29 is 26.3 Å². The highest BCUT2D eigenvalue weighted by molar-refractivity contribution is 6.31. The maximum Gasteiger partial charge on any atom is 0.434 e. The topological polar surface area (TPSA) is 12.9 Å². The summed E-state index contributed by atoms with van der Waals surface area (Å²) in [6.07, 6.45) is -8.12. The van der Waals surface area contributed by atoms with Gasteiger partial charge in [0.1, 0.15) is 5.02 Å². The normalized spacial score (nSPS) is 12.3. The molecule has 0 unspecified atom stereocenters. The van der Waals surface area contributed by atoms with Crippen LogP contribution in [-0.2, 0) is 6.18 Å². The number of nitrogens with zero attached hydrogens (tertiary/aromatic N) is 1. The van der Waals surface area contributed by atoms with E-state index >= 15 is 0 Å². The molecule has 0 aliphatic heterocycles. The van der Waals surface area contributed by atoms with Crippen molar-refractivity contribution in [1.29, 1.82) is 0 Å². The summed E-state index contributed by atoms with van der Waals surface area (Å²) < 4.78 is 73.1. The molecule has 1 rings (SSSR count). The highest BCUT2D eigenvalue weighted by Crippen LogP contribution is 2.36. The molecule has 1 aromatic heterocycles. The Hall–Kier alpha value is -0.980. The molecule has 84 valence electrons. The van der Waals surface area contributed by atoms with Crippen LogP contribution < -0.4 is 0 Å². The molecule has 15 heavy (non-hydrogen) atoms. The minimum absolute atomic E-state index is 0.120. The third-order valence-corrected chi connectivity index (χ3v) is 1.84. The van der Waals surface area contributed by atoms with E-state index in [1.807, 2.05) is 0 Å². The molecule has 0 N–H and O–H groups in total. The van der Waals surface area contributed by atoms with Gasteiger partial charge in [-0.25, -0.2) is 18.2 Å². The molecule has 0 amide bonds. The molecule has 0 aliphatic carbocycles. The number of alkyl halides is 5. The fourth-order valence-corrected chi connectivity index (χ4v) is 1.09. The fourth-order valence-electron chi connectivity index (χ4n) is 0.828. The summed E-state index contributed by atoms with van der Waals surface area (Å²) in [7, 11) is 0. The average Bonchev–Trinajstić information content (AvgIpc) is 2.06. The van der Waals surface area contributed by atoms with Crippen LogP contribution >= 0.6 is 11.6 Å². The van der Waals surface area contributed by atoms with Crippen LogP contribution in [0, 0.1) is 5.82 Å². The zero-order valence-corrected chi connectivity index (χ0v) is 7.50. The number of halogens is 7. The van der Waals surface area contributed by atoms with Gasteiger partial charge >= 0.3 is 6.18 Å². The van der Waals surface area contributed by atoms with Crippen LogP contribution in [0.15, 0.2) is 6.20 Å². The highest BCUT2D eigenvalue weighted by Gasteiger charge is 2.37. The largest absolute Gasteiger partial charge is 0.434 e. The lowest BCUT2D eigenvalue weighted by Gasteiger charge is -2.10. The van der Waals surface area contributed by atoms with Crippen molar-refractivity contribution in [2.24, 2.45) is 0 Å². The van der Waals surface area contributed by atoms with Gasteiger partial charge in [0.15, 0.2) is 11.5 Å². The van der Waals surface area contributed by atoms with E-state index in [4.69, 9.17) is 11.6 Å². The van der Waals surface area contributed by atoms with E-state index in [1.54, 1.807) is 0 Å². The van der Waals surface area contributed by atoms with E-state index in [1.165, 1.54) is 0 Å². The molecular formula is C7H2ClF6N. The number of aromatic nitrogens is 1. The van der Waals surface area contributed by atoms with Gasteiger partial charge in [-0.05, 0) is 0 Å². The van der Waals surface area contributed by atoms with Gasteiger partial charge in [0, 0.05) is 6.20 Å². The summed E-state index contributed by atoms with van der Waals surface area (Å²) in [6.45, 7) is 0. The molecule has 0 aromatic carbocycles. The lowest BCUT2D eigenvalue weighted by atomic mass is 10.2. The van der Waals surface area contributed by atoms with E-state index in [-0.39, 0.29) is 6.20 Å². The van der Waals surface area contributed by atoms with E-state index in [0.29, 0.717) is 0 Å². The maximum atomic E-state index is 12.9. The summed E-state index contributed by atoms with van der Waals surface area (Å²) in [4.78, 5) is 2.65. The first kappa shape index (κ1) is 12.1. The molecule has 0 saturated carbocycles. The monoisotopic (exact) mass is 249 g/mol. The van der Waals surface area contributed by atoms with Gasteiger partial charge in [0.05, 0.1) is 5.56 Å². The Kier molecular flexibility index (Phi) is 3.13. The summed E-state index contributed by atoms with van der Waals surface area (Å²) in [5.41, 5.74) is -2.97. The number of pyridine rings is 1. The zero-order chi connectivity index (χ0) is 11.8. The third kappa shape index (κ3) is 2.34. The molecule has 0 spiro atoms. The Morgan fingerprint density at radius 1 is 1.27 bits per heavy atom. The average molecular weight is 250 g/mol. The van der Waals surface area contributed by atoms with Crippen LogP contribution in [0.1, 0.15) is 17.7 Å². The molecule has 0 saturated heterocycles. The van der Waals surface area contributed by atoms with Crippen molar-refractivity contribution >= 4 is 11.6 Å². The first-order chi connectivity index (χ1) is 6.75. The van der Waals surface area contributed by atoms with Crippen LogP contribution in [0.25, 0.3) is 0 Å².